The van der Waals surface area contributed by atoms with Crippen LogP contribution in [0.2, 0.25) is 5.02 Å². The monoisotopic (exact) mass is 270 g/mol. The van der Waals surface area contributed by atoms with Crippen molar-refractivity contribution in [2.75, 3.05) is 0 Å². The molecule has 1 aromatic carbocycles. The number of benzene rings is 1. The predicted molar refractivity (Wildman–Crippen MR) is 75.9 cm³/mol. The van der Waals surface area contributed by atoms with E-state index in [1.165, 1.54) is 0 Å². The molecule has 0 aliphatic carbocycles. The van der Waals surface area contributed by atoms with Gasteiger partial charge in [0.25, 0.3) is 0 Å². The van der Waals surface area contributed by atoms with Gasteiger partial charge in [0.1, 0.15) is 0 Å². The Morgan fingerprint density at radius 1 is 1.17 bits per heavy atom. The molecule has 0 radical (unpaired) electrons. The summed E-state index contributed by atoms with van der Waals surface area (Å²) < 4.78 is 0. The Morgan fingerprint density at radius 3 is 2.33 bits per heavy atom. The second-order valence-corrected chi connectivity index (χ2v) is 5.44. The zero-order valence-electron chi connectivity index (χ0n) is 11.1. The van der Waals surface area contributed by atoms with Gasteiger partial charge in [-0.2, -0.15) is 0 Å². The summed E-state index contributed by atoms with van der Waals surface area (Å²) in [6.45, 7) is 4.06. The van der Waals surface area contributed by atoms with Crippen LogP contribution < -0.4 is 0 Å². The SMILES string of the molecule is CCC(C)C(O)CC(O)CCc1ccc(Cl)cc1. The van der Waals surface area contributed by atoms with E-state index in [4.69, 9.17) is 11.6 Å². The molecule has 18 heavy (non-hydrogen) atoms. The minimum Gasteiger partial charge on any atom is -0.393 e. The lowest BCUT2D eigenvalue weighted by molar-refractivity contribution is 0.0443. The number of hydrogen-bond acceptors (Lipinski definition) is 2. The smallest absolute Gasteiger partial charge is 0.0590 e. The molecule has 0 saturated heterocycles. The van der Waals surface area contributed by atoms with E-state index in [2.05, 4.69) is 0 Å². The summed E-state index contributed by atoms with van der Waals surface area (Å²) in [4.78, 5) is 0. The van der Waals surface area contributed by atoms with Gasteiger partial charge in [-0.05, 0) is 42.9 Å². The van der Waals surface area contributed by atoms with Gasteiger partial charge in [-0.25, -0.2) is 0 Å². The molecule has 3 heteroatoms. The standard InChI is InChI=1S/C15H23ClO2/c1-3-11(2)15(18)10-14(17)9-6-12-4-7-13(16)8-5-12/h4-5,7-8,11,14-15,17-18H,3,6,9-10H2,1-2H3. The van der Waals surface area contributed by atoms with E-state index in [9.17, 15) is 10.2 Å². The molecule has 2 N–H and O–H groups in total. The van der Waals surface area contributed by atoms with Gasteiger partial charge in [-0.3, -0.25) is 0 Å². The number of rotatable bonds is 7. The molecule has 0 aliphatic heterocycles. The van der Waals surface area contributed by atoms with Gasteiger partial charge < -0.3 is 10.2 Å². The summed E-state index contributed by atoms with van der Waals surface area (Å²) in [6.07, 6.45) is 2.04. The molecule has 0 saturated carbocycles. The molecule has 1 aromatic rings. The average molecular weight is 271 g/mol. The molecule has 3 atom stereocenters. The van der Waals surface area contributed by atoms with E-state index in [0.717, 1.165) is 23.4 Å². The average Bonchev–Trinajstić information content (AvgIpc) is 2.37. The van der Waals surface area contributed by atoms with Gasteiger partial charge in [-0.15, -0.1) is 0 Å². The summed E-state index contributed by atoms with van der Waals surface area (Å²) in [6, 6.07) is 7.66. The van der Waals surface area contributed by atoms with Crippen molar-refractivity contribution in [3.63, 3.8) is 0 Å². The highest BCUT2D eigenvalue weighted by atomic mass is 35.5. The van der Waals surface area contributed by atoms with Crippen LogP contribution in [0.25, 0.3) is 0 Å². The molecular weight excluding hydrogens is 248 g/mol. The Labute approximate surface area is 115 Å². The maximum absolute atomic E-state index is 9.89. The van der Waals surface area contributed by atoms with Crippen molar-refractivity contribution in [3.05, 3.63) is 34.9 Å². The number of aryl methyl sites for hydroxylation is 1. The van der Waals surface area contributed by atoms with E-state index >= 15 is 0 Å². The van der Waals surface area contributed by atoms with Crippen LogP contribution in [0.3, 0.4) is 0 Å². The Kier molecular flexibility index (Phi) is 6.69. The van der Waals surface area contributed by atoms with E-state index in [1.54, 1.807) is 0 Å². The lowest BCUT2D eigenvalue weighted by Gasteiger charge is -2.20. The molecular formula is C15H23ClO2. The molecule has 0 heterocycles. The third-order valence-corrected chi connectivity index (χ3v) is 3.75. The summed E-state index contributed by atoms with van der Waals surface area (Å²) >= 11 is 5.81. The van der Waals surface area contributed by atoms with Crippen LogP contribution in [-0.4, -0.2) is 22.4 Å². The second kappa shape index (κ2) is 7.78. The molecule has 1 rings (SSSR count). The molecule has 102 valence electrons. The maximum atomic E-state index is 9.89. The Bertz CT molecular complexity index is 337. The van der Waals surface area contributed by atoms with E-state index in [1.807, 2.05) is 38.1 Å². The minimum absolute atomic E-state index is 0.246. The number of hydrogen-bond donors (Lipinski definition) is 2. The first-order valence-electron chi connectivity index (χ1n) is 6.63. The van der Waals surface area contributed by atoms with Gasteiger partial charge in [0.2, 0.25) is 0 Å². The largest absolute Gasteiger partial charge is 0.393 e. The van der Waals surface area contributed by atoms with Gasteiger partial charge in [0.05, 0.1) is 12.2 Å². The number of aliphatic hydroxyl groups is 2. The molecule has 0 aromatic heterocycles. The van der Waals surface area contributed by atoms with E-state index < -0.39 is 12.2 Å². The van der Waals surface area contributed by atoms with Crippen molar-refractivity contribution in [2.24, 2.45) is 5.92 Å². The Balaban J connectivity index is 2.32. The van der Waals surface area contributed by atoms with Crippen LogP contribution in [0.5, 0.6) is 0 Å². The summed E-state index contributed by atoms with van der Waals surface area (Å²) in [7, 11) is 0. The number of aliphatic hydroxyl groups excluding tert-OH is 2. The molecule has 3 unspecified atom stereocenters. The normalized spacial score (nSPS) is 16.3. The van der Waals surface area contributed by atoms with Crippen molar-refractivity contribution in [2.45, 2.75) is 51.7 Å². The fourth-order valence-corrected chi connectivity index (χ4v) is 2.01. The summed E-state index contributed by atoms with van der Waals surface area (Å²) in [5.74, 6) is 0.246. The zero-order valence-corrected chi connectivity index (χ0v) is 11.9. The van der Waals surface area contributed by atoms with Gasteiger partial charge in [-0.1, -0.05) is 44.0 Å². The van der Waals surface area contributed by atoms with Gasteiger partial charge in [0, 0.05) is 5.02 Å². The first kappa shape index (κ1) is 15.5. The minimum atomic E-state index is -0.440. The predicted octanol–water partition coefficient (Wildman–Crippen LogP) is 3.43. The van der Waals surface area contributed by atoms with Crippen LogP contribution in [0.1, 0.15) is 38.7 Å². The van der Waals surface area contributed by atoms with Crippen molar-refractivity contribution in [1.82, 2.24) is 0 Å². The summed E-state index contributed by atoms with van der Waals surface area (Å²) in [5.41, 5.74) is 1.16. The van der Waals surface area contributed by atoms with E-state index in [-0.39, 0.29) is 5.92 Å². The van der Waals surface area contributed by atoms with Crippen molar-refractivity contribution < 1.29 is 10.2 Å². The maximum Gasteiger partial charge on any atom is 0.0590 e. The Hall–Kier alpha value is -0.570. The van der Waals surface area contributed by atoms with Crippen molar-refractivity contribution in [3.8, 4) is 0 Å². The van der Waals surface area contributed by atoms with Crippen LogP contribution in [0.15, 0.2) is 24.3 Å². The highest BCUT2D eigenvalue weighted by molar-refractivity contribution is 6.30. The number of halogens is 1. The van der Waals surface area contributed by atoms with Crippen LogP contribution >= 0.6 is 11.6 Å². The van der Waals surface area contributed by atoms with E-state index in [0.29, 0.717) is 12.8 Å². The first-order chi connectivity index (χ1) is 8.52. The van der Waals surface area contributed by atoms with Crippen molar-refractivity contribution in [1.29, 1.82) is 0 Å². The quantitative estimate of drug-likeness (QED) is 0.797. The fourth-order valence-electron chi connectivity index (χ4n) is 1.89. The van der Waals surface area contributed by atoms with Gasteiger partial charge in [0.15, 0.2) is 0 Å². The highest BCUT2D eigenvalue weighted by Gasteiger charge is 2.16. The van der Waals surface area contributed by atoms with Crippen molar-refractivity contribution >= 4 is 11.6 Å². The second-order valence-electron chi connectivity index (χ2n) is 5.01. The van der Waals surface area contributed by atoms with Gasteiger partial charge >= 0.3 is 0 Å². The molecule has 0 bridgehead atoms. The lowest BCUT2D eigenvalue weighted by atomic mass is 9.94. The molecule has 0 fully saturated rings. The Morgan fingerprint density at radius 2 is 1.78 bits per heavy atom. The molecule has 0 spiro atoms. The third kappa shape index (κ3) is 5.38. The summed E-state index contributed by atoms with van der Waals surface area (Å²) in [5, 5.41) is 20.5. The molecule has 2 nitrogen and oxygen atoms in total. The fraction of sp³-hybridized carbons (Fsp3) is 0.600. The van der Waals surface area contributed by atoms with Crippen LogP contribution in [-0.2, 0) is 6.42 Å². The zero-order chi connectivity index (χ0) is 13.5. The topological polar surface area (TPSA) is 40.5 Å². The first-order valence-corrected chi connectivity index (χ1v) is 7.01. The molecule has 0 amide bonds. The lowest BCUT2D eigenvalue weighted by Crippen LogP contribution is -2.24. The van der Waals surface area contributed by atoms with Crippen LogP contribution in [0, 0.1) is 5.92 Å². The third-order valence-electron chi connectivity index (χ3n) is 3.49. The highest BCUT2D eigenvalue weighted by Crippen LogP contribution is 2.16. The molecule has 0 aliphatic rings. The van der Waals surface area contributed by atoms with Crippen LogP contribution in [0.4, 0.5) is 0 Å².